The van der Waals surface area contributed by atoms with Crippen molar-refractivity contribution in [2.45, 2.75) is 5.54 Å². The topological polar surface area (TPSA) is 73.6 Å². The third-order valence-corrected chi connectivity index (χ3v) is 6.28. The highest BCUT2D eigenvalue weighted by atomic mass is 16.5. The molecule has 6 heteroatoms. The van der Waals surface area contributed by atoms with Crippen molar-refractivity contribution in [1.29, 1.82) is 0 Å². The van der Waals surface area contributed by atoms with Gasteiger partial charge in [-0.1, -0.05) is 91.0 Å². The van der Waals surface area contributed by atoms with Crippen molar-refractivity contribution in [1.82, 2.24) is 9.78 Å². The van der Waals surface area contributed by atoms with E-state index in [1.54, 1.807) is 23.9 Å². The summed E-state index contributed by atoms with van der Waals surface area (Å²) in [6, 6.07) is 33.4. The average molecular weight is 465 g/mol. The minimum atomic E-state index is -1.12. The van der Waals surface area contributed by atoms with Gasteiger partial charge >= 0.3 is 5.97 Å². The molecule has 35 heavy (non-hydrogen) atoms. The Labute approximate surface area is 203 Å². The lowest BCUT2D eigenvalue weighted by molar-refractivity contribution is 0.0691. The number of aromatic nitrogens is 2. The lowest BCUT2D eigenvalue weighted by Gasteiger charge is -2.37. The van der Waals surface area contributed by atoms with E-state index in [-0.39, 0.29) is 5.69 Å². The van der Waals surface area contributed by atoms with E-state index in [0.717, 1.165) is 16.7 Å². The molecule has 0 aliphatic heterocycles. The predicted molar refractivity (Wildman–Crippen MR) is 134 cm³/mol. The van der Waals surface area contributed by atoms with Crippen molar-refractivity contribution in [2.75, 3.05) is 14.2 Å². The molecule has 6 nitrogen and oxygen atoms in total. The van der Waals surface area contributed by atoms with E-state index < -0.39 is 11.5 Å². The van der Waals surface area contributed by atoms with Gasteiger partial charge < -0.3 is 14.6 Å². The van der Waals surface area contributed by atoms with Crippen LogP contribution in [0.1, 0.15) is 27.2 Å². The van der Waals surface area contributed by atoms with Crippen molar-refractivity contribution >= 4 is 16.9 Å². The molecule has 0 unspecified atom stereocenters. The summed E-state index contributed by atoms with van der Waals surface area (Å²) in [5.41, 5.74) is 2.40. The fraction of sp³-hybridized carbons (Fsp3) is 0.103. The standard InChI is InChI=1S/C29H24N2O4/c1-34-25-18-23-24(19-26(25)35-2)31(30-27(23)28(32)33)29(20-12-6-3-7-13-20,21-14-8-4-9-15-21)22-16-10-5-11-17-22/h3-19H,1-2H3,(H,32,33). The van der Waals surface area contributed by atoms with Gasteiger partial charge in [-0.2, -0.15) is 5.10 Å². The molecule has 0 aliphatic rings. The minimum absolute atomic E-state index is 0.0619. The third-order valence-electron chi connectivity index (χ3n) is 6.28. The number of methoxy groups -OCH3 is 2. The van der Waals surface area contributed by atoms with Gasteiger partial charge in [-0.05, 0) is 22.8 Å². The summed E-state index contributed by atoms with van der Waals surface area (Å²) < 4.78 is 12.9. The number of nitrogens with zero attached hydrogens (tertiary/aromatic N) is 2. The van der Waals surface area contributed by atoms with Crippen LogP contribution < -0.4 is 9.47 Å². The predicted octanol–water partition coefficient (Wildman–Crippen LogP) is 5.59. The Kier molecular flexibility index (Phi) is 5.71. The van der Waals surface area contributed by atoms with Gasteiger partial charge in [0.05, 0.1) is 19.7 Å². The maximum absolute atomic E-state index is 12.4. The molecular weight excluding hydrogens is 440 g/mol. The monoisotopic (exact) mass is 464 g/mol. The van der Waals surface area contributed by atoms with Gasteiger partial charge in [0.15, 0.2) is 17.2 Å². The van der Waals surface area contributed by atoms with Crippen LogP contribution in [0.4, 0.5) is 0 Å². The molecule has 0 saturated carbocycles. The van der Waals surface area contributed by atoms with Crippen LogP contribution >= 0.6 is 0 Å². The number of fused-ring (bicyclic) bond motifs is 1. The van der Waals surface area contributed by atoms with Gasteiger partial charge in [-0.25, -0.2) is 9.48 Å². The van der Waals surface area contributed by atoms with E-state index in [9.17, 15) is 9.90 Å². The number of carboxylic acid groups (broad SMARTS) is 1. The molecule has 1 aromatic heterocycles. The molecule has 0 fully saturated rings. The summed E-state index contributed by atoms with van der Waals surface area (Å²) in [6.45, 7) is 0. The molecular formula is C29H24N2O4. The molecule has 0 saturated heterocycles. The SMILES string of the molecule is COc1cc2c(C(=O)O)nn(C(c3ccccc3)(c3ccccc3)c3ccccc3)c2cc1OC. The van der Waals surface area contributed by atoms with Crippen LogP contribution in [0.15, 0.2) is 103 Å². The van der Waals surface area contributed by atoms with Gasteiger partial charge in [-0.15, -0.1) is 0 Å². The van der Waals surface area contributed by atoms with Crippen LogP contribution in [-0.4, -0.2) is 35.1 Å². The van der Waals surface area contributed by atoms with E-state index in [1.807, 2.05) is 91.0 Å². The summed E-state index contributed by atoms with van der Waals surface area (Å²) in [5.74, 6) is -0.197. The molecule has 0 aliphatic carbocycles. The van der Waals surface area contributed by atoms with Crippen molar-refractivity contribution in [2.24, 2.45) is 0 Å². The Bertz CT molecular complexity index is 1380. The number of ether oxygens (including phenoxy) is 2. The van der Waals surface area contributed by atoms with Gasteiger partial charge in [0.2, 0.25) is 0 Å². The second-order valence-electron chi connectivity index (χ2n) is 8.10. The molecule has 1 N–H and O–H groups in total. The molecule has 0 bridgehead atoms. The molecule has 0 atom stereocenters. The highest BCUT2D eigenvalue weighted by Crippen LogP contribution is 2.44. The fourth-order valence-electron chi connectivity index (χ4n) is 4.76. The maximum atomic E-state index is 12.4. The molecule has 5 rings (SSSR count). The number of benzene rings is 4. The van der Waals surface area contributed by atoms with Crippen molar-refractivity contribution in [3.8, 4) is 11.5 Å². The number of carboxylic acids is 1. The second kappa shape index (κ2) is 8.99. The quantitative estimate of drug-likeness (QED) is 0.318. The molecule has 1 heterocycles. The summed E-state index contributed by atoms with van der Waals surface area (Å²) in [5, 5.41) is 15.3. The first-order chi connectivity index (χ1) is 17.1. The Balaban J connectivity index is 2.01. The molecule has 4 aromatic carbocycles. The van der Waals surface area contributed by atoms with E-state index in [2.05, 4.69) is 0 Å². The number of hydrogen-bond donors (Lipinski definition) is 1. The van der Waals surface area contributed by atoms with Crippen LogP contribution in [-0.2, 0) is 5.54 Å². The van der Waals surface area contributed by atoms with Gasteiger partial charge in [0.25, 0.3) is 0 Å². The summed E-state index contributed by atoms with van der Waals surface area (Å²) in [4.78, 5) is 12.4. The first-order valence-electron chi connectivity index (χ1n) is 11.2. The van der Waals surface area contributed by atoms with Crippen molar-refractivity contribution in [3.63, 3.8) is 0 Å². The zero-order chi connectivity index (χ0) is 24.4. The fourth-order valence-corrected chi connectivity index (χ4v) is 4.76. The van der Waals surface area contributed by atoms with Crippen LogP contribution in [0.3, 0.4) is 0 Å². The first kappa shape index (κ1) is 22.2. The van der Waals surface area contributed by atoms with E-state index >= 15 is 0 Å². The van der Waals surface area contributed by atoms with Gasteiger partial charge in [-0.3, -0.25) is 0 Å². The summed E-state index contributed by atoms with van der Waals surface area (Å²) in [7, 11) is 3.08. The second-order valence-corrected chi connectivity index (χ2v) is 8.10. The average Bonchev–Trinajstić information content (AvgIpc) is 3.29. The molecule has 5 aromatic rings. The van der Waals surface area contributed by atoms with Gasteiger partial charge in [0, 0.05) is 11.5 Å². The largest absolute Gasteiger partial charge is 0.493 e. The Morgan fingerprint density at radius 1 is 0.743 bits per heavy atom. The van der Waals surface area contributed by atoms with Crippen LogP contribution in [0.2, 0.25) is 0 Å². The number of hydrogen-bond acceptors (Lipinski definition) is 4. The zero-order valence-corrected chi connectivity index (χ0v) is 19.4. The number of carbonyl (C=O) groups is 1. The normalized spacial score (nSPS) is 11.4. The third kappa shape index (κ3) is 3.51. The van der Waals surface area contributed by atoms with Crippen molar-refractivity contribution in [3.05, 3.63) is 126 Å². The Morgan fingerprint density at radius 3 is 1.57 bits per heavy atom. The lowest BCUT2D eigenvalue weighted by atomic mass is 9.77. The Morgan fingerprint density at radius 2 is 1.17 bits per heavy atom. The molecule has 0 spiro atoms. The number of rotatable bonds is 7. The highest BCUT2D eigenvalue weighted by Gasteiger charge is 2.41. The van der Waals surface area contributed by atoms with E-state index in [0.29, 0.717) is 22.4 Å². The van der Waals surface area contributed by atoms with Crippen LogP contribution in [0.25, 0.3) is 10.9 Å². The minimum Gasteiger partial charge on any atom is -0.493 e. The Hall–Kier alpha value is -4.58. The van der Waals surface area contributed by atoms with Crippen LogP contribution in [0, 0.1) is 0 Å². The summed E-state index contributed by atoms with van der Waals surface area (Å²) in [6.07, 6.45) is 0. The van der Waals surface area contributed by atoms with Crippen LogP contribution in [0.5, 0.6) is 11.5 Å². The van der Waals surface area contributed by atoms with Crippen molar-refractivity contribution < 1.29 is 19.4 Å². The highest BCUT2D eigenvalue weighted by molar-refractivity contribution is 6.02. The van der Waals surface area contributed by atoms with E-state index in [1.165, 1.54) is 7.11 Å². The molecule has 174 valence electrons. The molecule has 0 amide bonds. The van der Waals surface area contributed by atoms with Gasteiger partial charge in [0.1, 0.15) is 5.54 Å². The number of aromatic carboxylic acids is 1. The lowest BCUT2D eigenvalue weighted by Crippen LogP contribution is -2.38. The summed E-state index contributed by atoms with van der Waals surface area (Å²) >= 11 is 0. The molecule has 0 radical (unpaired) electrons. The first-order valence-corrected chi connectivity index (χ1v) is 11.2. The van der Waals surface area contributed by atoms with E-state index in [4.69, 9.17) is 14.6 Å². The maximum Gasteiger partial charge on any atom is 0.357 e. The smallest absolute Gasteiger partial charge is 0.357 e. The zero-order valence-electron chi connectivity index (χ0n) is 19.4.